The number of hydrogen-bond donors (Lipinski definition) is 1. The Labute approximate surface area is 152 Å². The van der Waals surface area contributed by atoms with Crippen LogP contribution in [-0.4, -0.2) is 62.4 Å². The van der Waals surface area contributed by atoms with Gasteiger partial charge in [-0.2, -0.15) is 4.31 Å². The molecule has 2 bridgehead atoms. The molecular formula is C18H23NO6S. The van der Waals surface area contributed by atoms with Crippen LogP contribution in [0.5, 0.6) is 11.5 Å². The van der Waals surface area contributed by atoms with Crippen LogP contribution in [0.2, 0.25) is 0 Å². The number of aliphatic hydroxyl groups excluding tert-OH is 1. The van der Waals surface area contributed by atoms with E-state index in [1.54, 1.807) is 18.2 Å². The molecular weight excluding hydrogens is 358 g/mol. The maximum Gasteiger partial charge on any atom is 0.243 e. The first-order chi connectivity index (χ1) is 12.5. The number of benzene rings is 1. The van der Waals surface area contributed by atoms with E-state index in [0.717, 1.165) is 19.3 Å². The summed E-state index contributed by atoms with van der Waals surface area (Å²) < 4.78 is 45.3. The number of ether oxygens (including phenoxy) is 3. The van der Waals surface area contributed by atoms with E-state index in [2.05, 4.69) is 0 Å². The molecule has 0 radical (unpaired) electrons. The van der Waals surface area contributed by atoms with Crippen molar-refractivity contribution in [1.82, 2.24) is 4.31 Å². The van der Waals surface area contributed by atoms with Crippen molar-refractivity contribution in [3.8, 4) is 11.5 Å². The molecule has 1 N–H and O–H groups in total. The molecule has 0 aromatic heterocycles. The van der Waals surface area contributed by atoms with E-state index in [1.165, 1.54) is 4.31 Å². The van der Waals surface area contributed by atoms with Crippen LogP contribution in [0.25, 0.3) is 0 Å². The molecule has 1 aromatic rings. The average Bonchev–Trinajstić information content (AvgIpc) is 3.23. The molecule has 8 heteroatoms. The van der Waals surface area contributed by atoms with E-state index in [4.69, 9.17) is 14.2 Å². The van der Waals surface area contributed by atoms with Gasteiger partial charge in [-0.1, -0.05) is 0 Å². The second kappa shape index (κ2) is 5.82. The van der Waals surface area contributed by atoms with Crippen molar-refractivity contribution in [2.75, 3.05) is 32.9 Å². The molecule has 0 aliphatic carbocycles. The van der Waals surface area contributed by atoms with Crippen molar-refractivity contribution in [1.29, 1.82) is 0 Å². The van der Waals surface area contributed by atoms with Crippen LogP contribution >= 0.6 is 0 Å². The number of aliphatic hydroxyl groups is 1. The van der Waals surface area contributed by atoms with Gasteiger partial charge < -0.3 is 19.3 Å². The van der Waals surface area contributed by atoms with E-state index < -0.39 is 15.6 Å². The summed E-state index contributed by atoms with van der Waals surface area (Å²) in [5.41, 5.74) is -0.420. The minimum atomic E-state index is -3.65. The number of nitrogens with zero attached hydrogens (tertiary/aromatic N) is 1. The minimum absolute atomic E-state index is 0.0349. The Bertz CT molecular complexity index is 827. The first-order valence-corrected chi connectivity index (χ1v) is 10.7. The third-order valence-corrected chi connectivity index (χ3v) is 8.13. The summed E-state index contributed by atoms with van der Waals surface area (Å²) in [6, 6.07) is 4.81. The highest BCUT2D eigenvalue weighted by Gasteiger charge is 2.64. The maximum atomic E-state index is 13.2. The normalized spacial score (nSPS) is 36.1. The second-order valence-electron chi connectivity index (χ2n) is 7.67. The lowest BCUT2D eigenvalue weighted by atomic mass is 9.74. The van der Waals surface area contributed by atoms with Crippen LogP contribution < -0.4 is 9.47 Å². The molecule has 5 rings (SSSR count). The summed E-state index contributed by atoms with van der Waals surface area (Å²) in [5.74, 6) is 1.17. The van der Waals surface area contributed by atoms with Gasteiger partial charge in [0.05, 0.1) is 29.8 Å². The lowest BCUT2D eigenvalue weighted by Crippen LogP contribution is -2.38. The molecule has 1 spiro atoms. The Kier molecular flexibility index (Phi) is 3.76. The average molecular weight is 381 g/mol. The highest BCUT2D eigenvalue weighted by molar-refractivity contribution is 7.89. The van der Waals surface area contributed by atoms with Crippen LogP contribution in [0, 0.1) is 11.8 Å². The Morgan fingerprint density at radius 1 is 1.23 bits per heavy atom. The predicted octanol–water partition coefficient (Wildman–Crippen LogP) is 1.01. The monoisotopic (exact) mass is 381 g/mol. The summed E-state index contributed by atoms with van der Waals surface area (Å²) in [7, 11) is -3.65. The largest absolute Gasteiger partial charge is 0.490 e. The molecule has 4 atom stereocenters. The van der Waals surface area contributed by atoms with Crippen molar-refractivity contribution >= 4 is 10.0 Å². The fraction of sp³-hybridized carbons (Fsp3) is 0.667. The summed E-state index contributed by atoms with van der Waals surface area (Å²) in [6.07, 6.45) is 2.62. The summed E-state index contributed by atoms with van der Waals surface area (Å²) in [5, 5.41) is 9.72. The fourth-order valence-corrected chi connectivity index (χ4v) is 6.57. The molecule has 0 saturated carbocycles. The van der Waals surface area contributed by atoms with Gasteiger partial charge in [-0.25, -0.2) is 8.42 Å². The fourth-order valence-electron chi connectivity index (χ4n) is 5.03. The predicted molar refractivity (Wildman–Crippen MR) is 91.7 cm³/mol. The smallest absolute Gasteiger partial charge is 0.243 e. The molecule has 4 aliphatic heterocycles. The summed E-state index contributed by atoms with van der Waals surface area (Å²) >= 11 is 0. The molecule has 0 amide bonds. The number of rotatable bonds is 3. The van der Waals surface area contributed by atoms with Gasteiger partial charge in [0.1, 0.15) is 0 Å². The zero-order valence-electron chi connectivity index (χ0n) is 14.5. The Balaban J connectivity index is 1.45. The van der Waals surface area contributed by atoms with E-state index in [-0.39, 0.29) is 29.4 Å². The van der Waals surface area contributed by atoms with Crippen LogP contribution in [0.15, 0.2) is 23.1 Å². The van der Waals surface area contributed by atoms with Gasteiger partial charge in [-0.15, -0.1) is 0 Å². The van der Waals surface area contributed by atoms with E-state index in [1.807, 2.05) is 0 Å². The molecule has 3 saturated heterocycles. The topological polar surface area (TPSA) is 85.3 Å². The van der Waals surface area contributed by atoms with Crippen molar-refractivity contribution < 1.29 is 27.7 Å². The summed E-state index contributed by atoms with van der Waals surface area (Å²) in [6.45, 7) is 1.89. The van der Waals surface area contributed by atoms with Crippen LogP contribution in [0.1, 0.15) is 19.3 Å². The van der Waals surface area contributed by atoms with Gasteiger partial charge in [0.15, 0.2) is 11.5 Å². The molecule has 26 heavy (non-hydrogen) atoms. The number of fused-ring (bicyclic) bond motifs is 2. The third-order valence-electron chi connectivity index (χ3n) is 6.32. The highest BCUT2D eigenvalue weighted by Crippen LogP contribution is 2.55. The van der Waals surface area contributed by atoms with Gasteiger partial charge in [0.2, 0.25) is 10.0 Å². The first kappa shape index (κ1) is 16.8. The number of sulfonamides is 1. The van der Waals surface area contributed by atoms with Gasteiger partial charge in [0.25, 0.3) is 0 Å². The van der Waals surface area contributed by atoms with Gasteiger partial charge in [0, 0.05) is 44.0 Å². The van der Waals surface area contributed by atoms with E-state index >= 15 is 0 Å². The molecule has 142 valence electrons. The molecule has 0 unspecified atom stereocenters. The zero-order chi connectivity index (χ0) is 17.9. The number of hydrogen-bond acceptors (Lipinski definition) is 6. The first-order valence-electron chi connectivity index (χ1n) is 9.22. The van der Waals surface area contributed by atoms with Gasteiger partial charge in [-0.05, 0) is 25.0 Å². The van der Waals surface area contributed by atoms with Crippen LogP contribution in [-0.2, 0) is 14.8 Å². The van der Waals surface area contributed by atoms with Crippen LogP contribution in [0.4, 0.5) is 0 Å². The van der Waals surface area contributed by atoms with E-state index in [9.17, 15) is 13.5 Å². The van der Waals surface area contributed by atoms with Gasteiger partial charge >= 0.3 is 0 Å². The third kappa shape index (κ3) is 2.32. The zero-order valence-corrected chi connectivity index (χ0v) is 15.3. The highest BCUT2D eigenvalue weighted by atomic mass is 32.2. The van der Waals surface area contributed by atoms with Crippen molar-refractivity contribution in [2.45, 2.75) is 35.9 Å². The van der Waals surface area contributed by atoms with E-state index in [0.29, 0.717) is 37.8 Å². The molecule has 1 aromatic carbocycles. The minimum Gasteiger partial charge on any atom is -0.490 e. The van der Waals surface area contributed by atoms with Crippen molar-refractivity contribution in [2.24, 2.45) is 11.8 Å². The molecule has 4 aliphatic rings. The molecule has 4 heterocycles. The lowest BCUT2D eigenvalue weighted by Gasteiger charge is -2.27. The maximum absolute atomic E-state index is 13.2. The Hall–Kier alpha value is -1.35. The van der Waals surface area contributed by atoms with Crippen LogP contribution in [0.3, 0.4) is 0 Å². The van der Waals surface area contributed by atoms with Crippen molar-refractivity contribution in [3.63, 3.8) is 0 Å². The second-order valence-corrected chi connectivity index (χ2v) is 9.61. The SMILES string of the molecule is O=S(=O)(c1ccc2c(c1)OCCCO2)N1C[C@@H]2[C@H](CO)[C@H]3CC[C@]2(C1)O3. The lowest BCUT2D eigenvalue weighted by molar-refractivity contribution is 0.00644. The summed E-state index contributed by atoms with van der Waals surface area (Å²) in [4.78, 5) is 0.216. The molecule has 3 fully saturated rings. The van der Waals surface area contributed by atoms with Gasteiger partial charge in [-0.3, -0.25) is 0 Å². The Morgan fingerprint density at radius 2 is 2.04 bits per heavy atom. The van der Waals surface area contributed by atoms with Crippen molar-refractivity contribution in [3.05, 3.63) is 18.2 Å². The quantitative estimate of drug-likeness (QED) is 0.841. The Morgan fingerprint density at radius 3 is 2.85 bits per heavy atom. The molecule has 7 nitrogen and oxygen atoms in total. The standard InChI is InChI=1S/C18H23NO6S/c20-10-13-14-9-19(11-18(14)5-4-15(13)25-18)26(21,22)12-2-3-16-17(8-12)24-7-1-6-23-16/h2-3,8,13-15,20H,1,4-7,9-11H2/t13-,14+,15+,18+/m0/s1.